The first-order valence-electron chi connectivity index (χ1n) is 8.71. The summed E-state index contributed by atoms with van der Waals surface area (Å²) in [4.78, 5) is 25.9. The van der Waals surface area contributed by atoms with Gasteiger partial charge in [0.25, 0.3) is 11.5 Å². The predicted molar refractivity (Wildman–Crippen MR) is 107 cm³/mol. The average molecular weight is 371 g/mol. The van der Waals surface area contributed by atoms with Crippen LogP contribution in [0.5, 0.6) is 5.88 Å². The first-order valence-corrected chi connectivity index (χ1v) is 8.71. The highest BCUT2D eigenvalue weighted by Crippen LogP contribution is 2.23. The van der Waals surface area contributed by atoms with Crippen LogP contribution in [-0.2, 0) is 0 Å². The molecule has 1 amide bonds. The number of nitrogens with one attached hydrogen (secondary N) is 1. The summed E-state index contributed by atoms with van der Waals surface area (Å²) < 4.78 is 2.61. The standard InChI is InChI=1S/C22H17N3O3/c26-20(23-16-10-4-1-5-11-16)19-21(27)24(17-12-6-2-7-13-17)25(22(19)28)18-14-8-3-9-15-18/h1-15,27H,(H,23,26). The summed E-state index contributed by atoms with van der Waals surface area (Å²) in [6, 6.07) is 26.5. The molecule has 6 heteroatoms. The summed E-state index contributed by atoms with van der Waals surface area (Å²) in [5.41, 5.74) is 0.688. The Hall–Kier alpha value is -4.06. The van der Waals surface area contributed by atoms with Gasteiger partial charge in [-0.2, -0.15) is 0 Å². The van der Waals surface area contributed by atoms with E-state index in [0.29, 0.717) is 17.1 Å². The van der Waals surface area contributed by atoms with Gasteiger partial charge in [0.15, 0.2) is 5.56 Å². The van der Waals surface area contributed by atoms with Gasteiger partial charge in [0, 0.05) is 5.69 Å². The second-order valence-corrected chi connectivity index (χ2v) is 6.12. The number of nitrogens with zero attached hydrogens (tertiary/aromatic N) is 2. The van der Waals surface area contributed by atoms with E-state index in [1.165, 1.54) is 9.36 Å². The van der Waals surface area contributed by atoms with Crippen molar-refractivity contribution in [1.82, 2.24) is 9.36 Å². The maximum atomic E-state index is 13.1. The van der Waals surface area contributed by atoms with Crippen LogP contribution in [0.3, 0.4) is 0 Å². The van der Waals surface area contributed by atoms with Gasteiger partial charge in [0.2, 0.25) is 5.88 Å². The van der Waals surface area contributed by atoms with Crippen LogP contribution in [0.25, 0.3) is 11.4 Å². The fourth-order valence-corrected chi connectivity index (χ4v) is 3.02. The summed E-state index contributed by atoms with van der Waals surface area (Å²) in [5.74, 6) is -1.10. The molecule has 0 saturated carbocycles. The molecule has 2 N–H and O–H groups in total. The number of benzene rings is 3. The van der Waals surface area contributed by atoms with Crippen LogP contribution in [-0.4, -0.2) is 20.4 Å². The number of amides is 1. The van der Waals surface area contributed by atoms with Crippen molar-refractivity contribution < 1.29 is 9.90 Å². The molecule has 0 aliphatic carbocycles. The largest absolute Gasteiger partial charge is 0.493 e. The lowest BCUT2D eigenvalue weighted by atomic mass is 10.2. The quantitative estimate of drug-likeness (QED) is 0.576. The minimum absolute atomic E-state index is 0.323. The molecule has 0 unspecified atom stereocenters. The number of hydrogen-bond donors (Lipinski definition) is 2. The molecule has 0 aliphatic rings. The number of aromatic hydroxyl groups is 1. The second kappa shape index (κ2) is 7.28. The molecule has 138 valence electrons. The third-order valence-corrected chi connectivity index (χ3v) is 4.29. The monoisotopic (exact) mass is 371 g/mol. The van der Waals surface area contributed by atoms with Crippen molar-refractivity contribution in [3.05, 3.63) is 107 Å². The molecule has 1 aromatic heterocycles. The van der Waals surface area contributed by atoms with E-state index in [4.69, 9.17) is 0 Å². The number of anilines is 1. The van der Waals surface area contributed by atoms with Crippen LogP contribution in [0.4, 0.5) is 5.69 Å². The van der Waals surface area contributed by atoms with E-state index < -0.39 is 17.3 Å². The maximum absolute atomic E-state index is 13.1. The van der Waals surface area contributed by atoms with Gasteiger partial charge in [0.1, 0.15) is 0 Å². The molecule has 28 heavy (non-hydrogen) atoms. The first kappa shape index (κ1) is 17.4. The van der Waals surface area contributed by atoms with Gasteiger partial charge in [-0.05, 0) is 36.4 Å². The van der Waals surface area contributed by atoms with Gasteiger partial charge in [-0.1, -0.05) is 54.6 Å². The Morgan fingerprint density at radius 1 is 0.714 bits per heavy atom. The summed E-state index contributed by atoms with van der Waals surface area (Å²) >= 11 is 0. The molecule has 6 nitrogen and oxygen atoms in total. The Labute approximate surface area is 160 Å². The SMILES string of the molecule is O=C(Nc1ccccc1)c1c(O)n(-c2ccccc2)n(-c2ccccc2)c1=O. The van der Waals surface area contributed by atoms with Crippen molar-refractivity contribution in [2.45, 2.75) is 0 Å². The lowest BCUT2D eigenvalue weighted by Crippen LogP contribution is -2.25. The lowest BCUT2D eigenvalue weighted by Gasteiger charge is -2.12. The van der Waals surface area contributed by atoms with Gasteiger partial charge in [-0.25, -0.2) is 9.36 Å². The minimum Gasteiger partial charge on any atom is -0.493 e. The van der Waals surface area contributed by atoms with Crippen molar-refractivity contribution in [3.8, 4) is 17.3 Å². The van der Waals surface area contributed by atoms with Gasteiger partial charge < -0.3 is 10.4 Å². The van der Waals surface area contributed by atoms with Crippen LogP contribution in [0.2, 0.25) is 0 Å². The van der Waals surface area contributed by atoms with Crippen LogP contribution >= 0.6 is 0 Å². The zero-order chi connectivity index (χ0) is 19.5. The Morgan fingerprint density at radius 3 is 1.71 bits per heavy atom. The third kappa shape index (κ3) is 3.07. The molecule has 0 atom stereocenters. The summed E-state index contributed by atoms with van der Waals surface area (Å²) in [5, 5.41) is 13.5. The van der Waals surface area contributed by atoms with E-state index in [9.17, 15) is 14.7 Å². The fraction of sp³-hybridized carbons (Fsp3) is 0. The topological polar surface area (TPSA) is 76.3 Å². The number of para-hydroxylation sites is 3. The molecule has 3 aromatic carbocycles. The van der Waals surface area contributed by atoms with E-state index in [-0.39, 0.29) is 5.56 Å². The Kier molecular flexibility index (Phi) is 4.51. The second-order valence-electron chi connectivity index (χ2n) is 6.12. The molecule has 1 heterocycles. The van der Waals surface area contributed by atoms with Crippen molar-refractivity contribution in [2.24, 2.45) is 0 Å². The molecule has 4 aromatic rings. The Bertz CT molecular complexity index is 1160. The predicted octanol–water partition coefficient (Wildman–Crippen LogP) is 3.59. The highest BCUT2D eigenvalue weighted by Gasteiger charge is 2.27. The number of aromatic nitrogens is 2. The van der Waals surface area contributed by atoms with E-state index in [0.717, 1.165) is 0 Å². The number of carbonyl (C=O) groups excluding carboxylic acids is 1. The van der Waals surface area contributed by atoms with E-state index >= 15 is 0 Å². The van der Waals surface area contributed by atoms with E-state index in [1.807, 2.05) is 18.2 Å². The molecular weight excluding hydrogens is 354 g/mol. The van der Waals surface area contributed by atoms with Gasteiger partial charge >= 0.3 is 0 Å². The van der Waals surface area contributed by atoms with Gasteiger partial charge in [0.05, 0.1) is 11.4 Å². The molecule has 0 aliphatic heterocycles. The van der Waals surface area contributed by atoms with E-state index in [1.54, 1.807) is 72.8 Å². The van der Waals surface area contributed by atoms with Crippen LogP contribution < -0.4 is 10.9 Å². The molecule has 4 rings (SSSR count). The van der Waals surface area contributed by atoms with Crippen molar-refractivity contribution in [1.29, 1.82) is 0 Å². The molecule has 0 saturated heterocycles. The van der Waals surface area contributed by atoms with E-state index in [2.05, 4.69) is 5.32 Å². The number of hydrogen-bond acceptors (Lipinski definition) is 3. The lowest BCUT2D eigenvalue weighted by molar-refractivity contribution is 0.102. The van der Waals surface area contributed by atoms with Crippen LogP contribution in [0.15, 0.2) is 95.8 Å². The number of rotatable bonds is 4. The zero-order valence-corrected chi connectivity index (χ0v) is 14.8. The molecule has 0 fully saturated rings. The van der Waals surface area contributed by atoms with Crippen molar-refractivity contribution in [2.75, 3.05) is 5.32 Å². The summed E-state index contributed by atoms with van der Waals surface area (Å²) in [6.07, 6.45) is 0. The highest BCUT2D eigenvalue weighted by atomic mass is 16.3. The zero-order valence-electron chi connectivity index (χ0n) is 14.8. The van der Waals surface area contributed by atoms with Crippen LogP contribution in [0, 0.1) is 0 Å². The molecular formula is C22H17N3O3. The summed E-state index contributed by atoms with van der Waals surface area (Å²) in [7, 11) is 0. The normalized spacial score (nSPS) is 10.6. The maximum Gasteiger partial charge on any atom is 0.288 e. The number of carbonyl (C=O) groups is 1. The fourth-order valence-electron chi connectivity index (χ4n) is 3.02. The average Bonchev–Trinajstić information content (AvgIpc) is 3.00. The Morgan fingerprint density at radius 2 is 1.18 bits per heavy atom. The van der Waals surface area contributed by atoms with Gasteiger partial charge in [-0.15, -0.1) is 0 Å². The van der Waals surface area contributed by atoms with Crippen molar-refractivity contribution in [3.63, 3.8) is 0 Å². The van der Waals surface area contributed by atoms with Gasteiger partial charge in [-0.3, -0.25) is 9.59 Å². The summed E-state index contributed by atoms with van der Waals surface area (Å²) in [6.45, 7) is 0. The first-order chi connectivity index (χ1) is 13.7. The molecule has 0 spiro atoms. The third-order valence-electron chi connectivity index (χ3n) is 4.29. The van der Waals surface area contributed by atoms with Crippen molar-refractivity contribution >= 4 is 11.6 Å². The Balaban J connectivity index is 1.90. The smallest absolute Gasteiger partial charge is 0.288 e. The highest BCUT2D eigenvalue weighted by molar-refractivity contribution is 6.05. The molecule has 0 bridgehead atoms. The molecule has 0 radical (unpaired) electrons. The minimum atomic E-state index is -0.673. The van der Waals surface area contributed by atoms with Crippen LogP contribution in [0.1, 0.15) is 10.4 Å².